The van der Waals surface area contributed by atoms with Crippen LogP contribution in [0.3, 0.4) is 0 Å². The van der Waals surface area contributed by atoms with Crippen molar-refractivity contribution in [3.05, 3.63) is 77.4 Å². The molecule has 0 amide bonds. The summed E-state index contributed by atoms with van der Waals surface area (Å²) in [7, 11) is 0. The molecule has 1 heterocycles. The second-order valence-corrected chi connectivity index (χ2v) is 6.62. The van der Waals surface area contributed by atoms with E-state index in [0.29, 0.717) is 25.0 Å². The number of aromatic nitrogens is 1. The maximum atomic E-state index is 14.0. The van der Waals surface area contributed by atoms with Crippen molar-refractivity contribution in [2.45, 2.75) is 38.9 Å². The highest BCUT2D eigenvalue weighted by Gasteiger charge is 2.30. The van der Waals surface area contributed by atoms with E-state index in [-0.39, 0.29) is 5.82 Å². The second-order valence-electron chi connectivity index (χ2n) is 6.62. The number of halogens is 1. The van der Waals surface area contributed by atoms with Gasteiger partial charge in [-0.05, 0) is 38.0 Å². The Bertz CT molecular complexity index is 855. The maximum Gasteiger partial charge on any atom is 0.226 e. The molecular weight excluding hydrogens is 315 g/mol. The van der Waals surface area contributed by atoms with Crippen LogP contribution in [0, 0.1) is 12.7 Å². The van der Waals surface area contributed by atoms with Gasteiger partial charge in [0, 0.05) is 30.3 Å². The zero-order valence-electron chi connectivity index (χ0n) is 14.3. The Hall–Kier alpha value is -2.46. The van der Waals surface area contributed by atoms with Gasteiger partial charge < -0.3 is 4.42 Å². The smallest absolute Gasteiger partial charge is 0.226 e. The van der Waals surface area contributed by atoms with Crippen LogP contribution < -0.4 is 0 Å². The Balaban J connectivity index is 1.55. The highest BCUT2D eigenvalue weighted by atomic mass is 19.1. The first-order valence-corrected chi connectivity index (χ1v) is 8.70. The number of benzene rings is 2. The summed E-state index contributed by atoms with van der Waals surface area (Å²) < 4.78 is 19.9. The number of nitrogens with zero attached hydrogens (tertiary/aromatic N) is 2. The molecule has 0 spiro atoms. The van der Waals surface area contributed by atoms with Crippen LogP contribution in [0.4, 0.5) is 4.39 Å². The zero-order chi connectivity index (χ0) is 17.2. The summed E-state index contributed by atoms with van der Waals surface area (Å²) in [6, 6.07) is 17.4. The molecule has 4 heteroatoms. The molecule has 0 saturated heterocycles. The van der Waals surface area contributed by atoms with Crippen LogP contribution in [0.2, 0.25) is 0 Å². The van der Waals surface area contributed by atoms with Gasteiger partial charge in [-0.2, -0.15) is 0 Å². The van der Waals surface area contributed by atoms with Crippen molar-refractivity contribution in [3.8, 4) is 11.5 Å². The first-order chi connectivity index (χ1) is 12.2. The fraction of sp³-hybridized carbons (Fsp3) is 0.286. The minimum atomic E-state index is -0.144. The monoisotopic (exact) mass is 336 g/mol. The van der Waals surface area contributed by atoms with E-state index in [9.17, 15) is 4.39 Å². The average Bonchev–Trinajstić information content (AvgIpc) is 3.41. The lowest BCUT2D eigenvalue weighted by molar-refractivity contribution is 0.238. The summed E-state index contributed by atoms with van der Waals surface area (Å²) >= 11 is 0. The molecule has 1 aromatic heterocycles. The third-order valence-corrected chi connectivity index (χ3v) is 4.66. The van der Waals surface area contributed by atoms with Crippen LogP contribution >= 0.6 is 0 Å². The zero-order valence-corrected chi connectivity index (χ0v) is 14.3. The number of aryl methyl sites for hydroxylation is 1. The van der Waals surface area contributed by atoms with Crippen LogP contribution in [-0.2, 0) is 13.1 Å². The van der Waals surface area contributed by atoms with Crippen molar-refractivity contribution in [2.24, 2.45) is 0 Å². The van der Waals surface area contributed by atoms with Gasteiger partial charge in [-0.3, -0.25) is 4.90 Å². The molecule has 0 N–H and O–H groups in total. The van der Waals surface area contributed by atoms with Crippen LogP contribution in [0.5, 0.6) is 0 Å². The van der Waals surface area contributed by atoms with Crippen LogP contribution in [0.25, 0.3) is 11.5 Å². The average molecular weight is 336 g/mol. The minimum absolute atomic E-state index is 0.144. The molecule has 0 bridgehead atoms. The van der Waals surface area contributed by atoms with Crippen LogP contribution in [0.15, 0.2) is 59.0 Å². The molecule has 3 nitrogen and oxygen atoms in total. The number of oxazole rings is 1. The maximum absolute atomic E-state index is 14.0. The van der Waals surface area contributed by atoms with Gasteiger partial charge in [0.1, 0.15) is 11.6 Å². The highest BCUT2D eigenvalue weighted by molar-refractivity contribution is 5.53. The molecule has 0 aliphatic heterocycles. The number of rotatable bonds is 6. The molecule has 128 valence electrons. The Kier molecular flexibility index (Phi) is 4.36. The van der Waals surface area contributed by atoms with Crippen LogP contribution in [-0.4, -0.2) is 15.9 Å². The van der Waals surface area contributed by atoms with E-state index in [0.717, 1.165) is 35.4 Å². The Labute approximate surface area is 147 Å². The summed E-state index contributed by atoms with van der Waals surface area (Å²) in [6.07, 6.45) is 2.33. The lowest BCUT2D eigenvalue weighted by Crippen LogP contribution is -2.26. The van der Waals surface area contributed by atoms with Gasteiger partial charge in [0.25, 0.3) is 0 Å². The van der Waals surface area contributed by atoms with Gasteiger partial charge in [0.05, 0.1) is 5.69 Å². The largest absolute Gasteiger partial charge is 0.441 e. The summed E-state index contributed by atoms with van der Waals surface area (Å²) in [5.41, 5.74) is 2.64. The standard InChI is InChI=1S/C21H21FN2O/c1-15-20(23-21(25-15)16-7-3-2-4-8-16)14-24(18-11-12-18)13-17-9-5-6-10-19(17)22/h2-10,18H,11-14H2,1H3. The molecule has 2 aromatic carbocycles. The fourth-order valence-corrected chi connectivity index (χ4v) is 3.07. The third-order valence-electron chi connectivity index (χ3n) is 4.66. The van der Waals surface area contributed by atoms with E-state index in [4.69, 9.17) is 9.40 Å². The number of hydrogen-bond acceptors (Lipinski definition) is 3. The molecule has 0 unspecified atom stereocenters. The van der Waals surface area contributed by atoms with E-state index >= 15 is 0 Å². The van der Waals surface area contributed by atoms with E-state index in [1.165, 1.54) is 6.07 Å². The fourth-order valence-electron chi connectivity index (χ4n) is 3.07. The molecule has 0 atom stereocenters. The number of hydrogen-bond donors (Lipinski definition) is 0. The Morgan fingerprint density at radius 3 is 2.48 bits per heavy atom. The molecule has 1 saturated carbocycles. The van der Waals surface area contributed by atoms with Crippen molar-refractivity contribution >= 4 is 0 Å². The first kappa shape index (κ1) is 16.0. The predicted octanol–water partition coefficient (Wildman–Crippen LogP) is 4.95. The molecule has 0 radical (unpaired) electrons. The van der Waals surface area contributed by atoms with E-state index in [1.807, 2.05) is 49.4 Å². The molecule has 1 aliphatic rings. The van der Waals surface area contributed by atoms with Crippen molar-refractivity contribution in [2.75, 3.05) is 0 Å². The van der Waals surface area contributed by atoms with Gasteiger partial charge >= 0.3 is 0 Å². The van der Waals surface area contributed by atoms with Crippen molar-refractivity contribution in [1.29, 1.82) is 0 Å². The van der Waals surface area contributed by atoms with E-state index in [1.54, 1.807) is 6.07 Å². The molecule has 1 aliphatic carbocycles. The normalized spacial score (nSPS) is 14.2. The second kappa shape index (κ2) is 6.81. The molecule has 3 aromatic rings. The summed E-state index contributed by atoms with van der Waals surface area (Å²) in [6.45, 7) is 3.23. The lowest BCUT2D eigenvalue weighted by Gasteiger charge is -2.21. The lowest BCUT2D eigenvalue weighted by atomic mass is 10.2. The van der Waals surface area contributed by atoms with Gasteiger partial charge in [-0.15, -0.1) is 0 Å². The molecule has 1 fully saturated rings. The van der Waals surface area contributed by atoms with Crippen molar-refractivity contribution in [1.82, 2.24) is 9.88 Å². The first-order valence-electron chi connectivity index (χ1n) is 8.70. The van der Waals surface area contributed by atoms with Crippen LogP contribution in [0.1, 0.15) is 29.9 Å². The van der Waals surface area contributed by atoms with Gasteiger partial charge in [-0.1, -0.05) is 36.4 Å². The quantitative estimate of drug-likeness (QED) is 0.637. The third kappa shape index (κ3) is 3.64. The highest BCUT2D eigenvalue weighted by Crippen LogP contribution is 2.31. The SMILES string of the molecule is Cc1oc(-c2ccccc2)nc1CN(Cc1ccccc1F)C1CC1. The molecular formula is C21H21FN2O. The van der Waals surface area contributed by atoms with Crippen molar-refractivity contribution < 1.29 is 8.81 Å². The van der Waals surface area contributed by atoms with E-state index < -0.39 is 0 Å². The summed E-state index contributed by atoms with van der Waals surface area (Å²) in [4.78, 5) is 7.00. The molecule has 4 rings (SSSR count). The Morgan fingerprint density at radius 2 is 1.76 bits per heavy atom. The topological polar surface area (TPSA) is 29.3 Å². The van der Waals surface area contributed by atoms with Gasteiger partial charge in [-0.25, -0.2) is 9.37 Å². The van der Waals surface area contributed by atoms with Crippen molar-refractivity contribution in [3.63, 3.8) is 0 Å². The van der Waals surface area contributed by atoms with Gasteiger partial charge in [0.2, 0.25) is 5.89 Å². The Morgan fingerprint density at radius 1 is 1.04 bits per heavy atom. The van der Waals surface area contributed by atoms with Gasteiger partial charge in [0.15, 0.2) is 0 Å². The minimum Gasteiger partial charge on any atom is -0.441 e. The summed E-state index contributed by atoms with van der Waals surface area (Å²) in [5.74, 6) is 1.34. The predicted molar refractivity (Wildman–Crippen MR) is 95.3 cm³/mol. The molecule has 25 heavy (non-hydrogen) atoms. The van der Waals surface area contributed by atoms with E-state index in [2.05, 4.69) is 4.90 Å². The summed E-state index contributed by atoms with van der Waals surface area (Å²) in [5, 5.41) is 0.